The second kappa shape index (κ2) is 9.01. The molecule has 2 N–H and O–H groups in total. The summed E-state index contributed by atoms with van der Waals surface area (Å²) in [5, 5.41) is 4.01. The number of halogens is 1. The van der Waals surface area contributed by atoms with Crippen LogP contribution in [0.2, 0.25) is 5.02 Å². The van der Waals surface area contributed by atoms with Crippen LogP contribution in [0.3, 0.4) is 0 Å². The van der Waals surface area contributed by atoms with Crippen molar-refractivity contribution in [3.05, 3.63) is 52.0 Å². The minimum Gasteiger partial charge on any atom is -0.323 e. The molecule has 30 heavy (non-hydrogen) atoms. The minimum absolute atomic E-state index is 0.101. The summed E-state index contributed by atoms with van der Waals surface area (Å²) >= 11 is 7.64. The first kappa shape index (κ1) is 22.7. The normalized spacial score (nSPS) is 13.0. The number of hydrogen-bond donors (Lipinski definition) is 2. The van der Waals surface area contributed by atoms with Crippen molar-refractivity contribution in [2.45, 2.75) is 45.1 Å². The van der Waals surface area contributed by atoms with Crippen molar-refractivity contribution in [2.75, 3.05) is 5.32 Å². The number of nitrogens with zero attached hydrogens (tertiary/aromatic N) is 1. The van der Waals surface area contributed by atoms with Crippen molar-refractivity contribution in [1.29, 1.82) is 0 Å². The summed E-state index contributed by atoms with van der Waals surface area (Å²) in [6.45, 7) is 7.63. The molecule has 0 aliphatic rings. The quantitative estimate of drug-likeness (QED) is 0.519. The number of sulfonamides is 1. The van der Waals surface area contributed by atoms with Crippen molar-refractivity contribution in [1.82, 2.24) is 9.71 Å². The zero-order valence-corrected chi connectivity index (χ0v) is 19.6. The van der Waals surface area contributed by atoms with E-state index in [2.05, 4.69) is 15.0 Å². The smallest absolute Gasteiger partial charge is 0.242 e. The fourth-order valence-corrected chi connectivity index (χ4v) is 5.52. The number of carbonyl (C=O) groups excluding carboxylic acids is 1. The maximum atomic E-state index is 13.0. The molecular formula is C21H24ClN3O3S2. The standard InChI is InChI=1S/C21H24ClN3O3S2/c1-12(2)9-19(21(26)24-17-7-5-13(3)10-16(17)22)25-30(27,28)15-6-8-18-20(11-15)29-14(4)23-18/h5-8,10-12,19,25H,9H2,1-4H3,(H,24,26). The van der Waals surface area contributed by atoms with Gasteiger partial charge in [-0.3, -0.25) is 4.79 Å². The van der Waals surface area contributed by atoms with Crippen LogP contribution in [0.15, 0.2) is 41.3 Å². The van der Waals surface area contributed by atoms with Crippen LogP contribution in [-0.2, 0) is 14.8 Å². The SMILES string of the molecule is Cc1ccc(NC(=O)C(CC(C)C)NS(=O)(=O)c2ccc3nc(C)sc3c2)c(Cl)c1. The Labute approximate surface area is 185 Å². The summed E-state index contributed by atoms with van der Waals surface area (Å²) in [7, 11) is -3.91. The second-order valence-corrected chi connectivity index (χ2v) is 11.0. The number of aryl methyl sites for hydroxylation is 2. The van der Waals surface area contributed by atoms with Crippen LogP contribution in [-0.4, -0.2) is 25.4 Å². The van der Waals surface area contributed by atoms with Crippen molar-refractivity contribution in [2.24, 2.45) is 5.92 Å². The van der Waals surface area contributed by atoms with E-state index in [4.69, 9.17) is 11.6 Å². The molecule has 1 atom stereocenters. The predicted octanol–water partition coefficient (Wildman–Crippen LogP) is 4.90. The molecule has 0 spiro atoms. The van der Waals surface area contributed by atoms with Gasteiger partial charge in [0.1, 0.15) is 6.04 Å². The number of amides is 1. The molecule has 6 nitrogen and oxygen atoms in total. The molecule has 1 unspecified atom stereocenters. The highest BCUT2D eigenvalue weighted by Gasteiger charge is 2.27. The first-order valence-electron chi connectivity index (χ1n) is 9.51. The minimum atomic E-state index is -3.91. The Bertz CT molecular complexity index is 1190. The van der Waals surface area contributed by atoms with Gasteiger partial charge in [0.15, 0.2) is 0 Å². The summed E-state index contributed by atoms with van der Waals surface area (Å²) in [5.41, 5.74) is 2.16. The van der Waals surface area contributed by atoms with Crippen molar-refractivity contribution in [3.8, 4) is 0 Å². The van der Waals surface area contributed by atoms with Crippen LogP contribution in [0.5, 0.6) is 0 Å². The molecule has 0 saturated carbocycles. The second-order valence-electron chi connectivity index (χ2n) is 7.64. The van der Waals surface area contributed by atoms with E-state index >= 15 is 0 Å². The number of thiazole rings is 1. The first-order chi connectivity index (χ1) is 14.0. The molecule has 3 aromatic rings. The number of fused-ring (bicyclic) bond motifs is 1. The lowest BCUT2D eigenvalue weighted by molar-refractivity contribution is -0.118. The highest BCUT2D eigenvalue weighted by Crippen LogP contribution is 2.26. The summed E-state index contributed by atoms with van der Waals surface area (Å²) in [4.78, 5) is 17.4. The summed E-state index contributed by atoms with van der Waals surface area (Å²) in [6, 6.07) is 9.11. The maximum Gasteiger partial charge on any atom is 0.242 e. The zero-order valence-electron chi connectivity index (χ0n) is 17.2. The highest BCUT2D eigenvalue weighted by atomic mass is 35.5. The summed E-state index contributed by atoms with van der Waals surface area (Å²) < 4.78 is 29.4. The molecule has 0 saturated heterocycles. The van der Waals surface area contributed by atoms with Gasteiger partial charge in [-0.15, -0.1) is 11.3 Å². The molecule has 0 aliphatic heterocycles. The van der Waals surface area contributed by atoms with Crippen molar-refractivity contribution in [3.63, 3.8) is 0 Å². The van der Waals surface area contributed by atoms with Crippen LogP contribution in [0, 0.1) is 19.8 Å². The Morgan fingerprint density at radius 1 is 1.17 bits per heavy atom. The molecule has 160 valence electrons. The van der Waals surface area contributed by atoms with Crippen LogP contribution in [0.25, 0.3) is 10.2 Å². The molecule has 2 aromatic carbocycles. The fourth-order valence-electron chi connectivity index (χ4n) is 3.06. The molecule has 0 aliphatic carbocycles. The van der Waals surface area contributed by atoms with E-state index in [1.165, 1.54) is 17.4 Å². The average Bonchev–Trinajstić information content (AvgIpc) is 3.02. The van der Waals surface area contributed by atoms with E-state index in [0.29, 0.717) is 17.1 Å². The van der Waals surface area contributed by atoms with Crippen molar-refractivity contribution >= 4 is 54.8 Å². The van der Waals surface area contributed by atoms with E-state index in [1.54, 1.807) is 24.3 Å². The lowest BCUT2D eigenvalue weighted by Gasteiger charge is -2.20. The molecular weight excluding hydrogens is 442 g/mol. The summed E-state index contributed by atoms with van der Waals surface area (Å²) in [5.74, 6) is -0.351. The van der Waals surface area contributed by atoms with Crippen LogP contribution in [0.1, 0.15) is 30.8 Å². The fraction of sp³-hybridized carbons (Fsp3) is 0.333. The van der Waals surface area contributed by atoms with E-state index in [0.717, 1.165) is 20.8 Å². The first-order valence-corrected chi connectivity index (χ1v) is 12.2. The van der Waals surface area contributed by atoms with E-state index in [1.807, 2.05) is 33.8 Å². The third kappa shape index (κ3) is 5.37. The Morgan fingerprint density at radius 3 is 2.57 bits per heavy atom. The van der Waals surface area contributed by atoms with Gasteiger partial charge in [-0.05, 0) is 62.1 Å². The molecule has 0 radical (unpaired) electrons. The number of aromatic nitrogens is 1. The van der Waals surface area contributed by atoms with Gasteiger partial charge in [-0.1, -0.05) is 31.5 Å². The van der Waals surface area contributed by atoms with E-state index in [9.17, 15) is 13.2 Å². The largest absolute Gasteiger partial charge is 0.323 e. The third-order valence-corrected chi connectivity index (χ3v) is 7.20. The number of rotatable bonds is 7. The zero-order chi connectivity index (χ0) is 22.1. The van der Waals surface area contributed by atoms with Gasteiger partial charge in [0, 0.05) is 0 Å². The lowest BCUT2D eigenvalue weighted by atomic mass is 10.0. The number of anilines is 1. The van der Waals surface area contributed by atoms with Gasteiger partial charge in [0.25, 0.3) is 0 Å². The average molecular weight is 466 g/mol. The Balaban J connectivity index is 1.85. The van der Waals surface area contributed by atoms with Crippen molar-refractivity contribution < 1.29 is 13.2 Å². The molecule has 0 fully saturated rings. The molecule has 1 heterocycles. The van der Waals surface area contributed by atoms with Crippen LogP contribution < -0.4 is 10.0 Å². The van der Waals surface area contributed by atoms with Crippen LogP contribution in [0.4, 0.5) is 5.69 Å². The monoisotopic (exact) mass is 465 g/mol. The molecule has 1 amide bonds. The van der Waals surface area contributed by atoms with Gasteiger partial charge in [-0.25, -0.2) is 13.4 Å². The van der Waals surface area contributed by atoms with Gasteiger partial charge in [0.05, 0.1) is 30.8 Å². The summed E-state index contributed by atoms with van der Waals surface area (Å²) in [6.07, 6.45) is 0.344. The number of nitrogens with one attached hydrogen (secondary N) is 2. The van der Waals surface area contributed by atoms with Crippen LogP contribution >= 0.6 is 22.9 Å². The number of hydrogen-bond acceptors (Lipinski definition) is 5. The van der Waals surface area contributed by atoms with E-state index in [-0.39, 0.29) is 10.8 Å². The Hall–Kier alpha value is -2.00. The van der Waals surface area contributed by atoms with Gasteiger partial charge in [-0.2, -0.15) is 4.72 Å². The van der Waals surface area contributed by atoms with Gasteiger partial charge >= 0.3 is 0 Å². The number of benzene rings is 2. The molecule has 1 aromatic heterocycles. The van der Waals surface area contributed by atoms with Gasteiger partial charge in [0.2, 0.25) is 15.9 Å². The Morgan fingerprint density at radius 2 is 1.90 bits per heavy atom. The highest BCUT2D eigenvalue weighted by molar-refractivity contribution is 7.89. The Kier molecular flexibility index (Phi) is 6.81. The topological polar surface area (TPSA) is 88.2 Å². The third-order valence-electron chi connectivity index (χ3n) is 4.48. The van der Waals surface area contributed by atoms with E-state index < -0.39 is 22.0 Å². The lowest BCUT2D eigenvalue weighted by Crippen LogP contribution is -2.44. The predicted molar refractivity (Wildman–Crippen MR) is 123 cm³/mol. The molecule has 3 rings (SSSR count). The number of carbonyl (C=O) groups is 1. The molecule has 9 heteroatoms. The maximum absolute atomic E-state index is 13.0. The molecule has 0 bridgehead atoms. The van der Waals surface area contributed by atoms with Gasteiger partial charge < -0.3 is 5.32 Å².